The molecule has 0 fully saturated rings. The van der Waals surface area contributed by atoms with Gasteiger partial charge in [0.25, 0.3) is 5.91 Å². The number of likely N-dealkylation sites (N-methyl/N-ethyl adjacent to an activating group) is 1. The van der Waals surface area contributed by atoms with Crippen molar-refractivity contribution in [3.05, 3.63) is 48.0 Å². The number of carbonyl (C=O) groups excluding carboxylic acids is 1. The largest absolute Gasteiger partial charge is 0.397 e. The summed E-state index contributed by atoms with van der Waals surface area (Å²) in [5.74, 6) is 0.00852. The third-order valence-corrected chi connectivity index (χ3v) is 3.43. The number of anilines is 1. The van der Waals surface area contributed by atoms with Crippen LogP contribution >= 0.6 is 0 Å². The summed E-state index contributed by atoms with van der Waals surface area (Å²) in [5.41, 5.74) is 8.28. The van der Waals surface area contributed by atoms with Crippen molar-refractivity contribution in [2.24, 2.45) is 0 Å². The predicted octanol–water partition coefficient (Wildman–Crippen LogP) is 2.19. The van der Waals surface area contributed by atoms with Gasteiger partial charge in [-0.1, -0.05) is 6.92 Å². The first-order valence-corrected chi connectivity index (χ1v) is 7.21. The van der Waals surface area contributed by atoms with Crippen LogP contribution in [0.1, 0.15) is 29.4 Å². The van der Waals surface area contributed by atoms with E-state index in [2.05, 4.69) is 11.9 Å². The van der Waals surface area contributed by atoms with Crippen molar-refractivity contribution < 1.29 is 4.79 Å². The summed E-state index contributed by atoms with van der Waals surface area (Å²) in [6.45, 7) is 3.55. The van der Waals surface area contributed by atoms with Crippen LogP contribution in [0.15, 0.2) is 36.8 Å². The molecule has 0 unspecified atom stereocenters. The maximum absolute atomic E-state index is 12.5. The van der Waals surface area contributed by atoms with Gasteiger partial charge in [0, 0.05) is 38.7 Å². The SMILES string of the molecule is CCCn1cc(N)cc1C(=O)N(C)CCc1ccncc1. The minimum absolute atomic E-state index is 0.00852. The maximum Gasteiger partial charge on any atom is 0.270 e. The van der Waals surface area contributed by atoms with Crippen molar-refractivity contribution in [1.82, 2.24) is 14.5 Å². The normalized spacial score (nSPS) is 10.6. The first-order chi connectivity index (χ1) is 10.1. The second kappa shape index (κ2) is 6.92. The van der Waals surface area contributed by atoms with Gasteiger partial charge in [0.2, 0.25) is 0 Å². The van der Waals surface area contributed by atoms with E-state index in [1.165, 1.54) is 5.56 Å². The molecule has 0 aromatic carbocycles. The second-order valence-corrected chi connectivity index (χ2v) is 5.18. The Bertz CT molecular complexity index is 592. The van der Waals surface area contributed by atoms with Gasteiger partial charge >= 0.3 is 0 Å². The Balaban J connectivity index is 2.02. The Morgan fingerprint density at radius 3 is 2.76 bits per heavy atom. The van der Waals surface area contributed by atoms with Crippen molar-refractivity contribution in [2.75, 3.05) is 19.3 Å². The van der Waals surface area contributed by atoms with Crippen LogP contribution in [0.4, 0.5) is 5.69 Å². The molecule has 2 aromatic heterocycles. The van der Waals surface area contributed by atoms with Crippen molar-refractivity contribution >= 4 is 11.6 Å². The Morgan fingerprint density at radius 1 is 1.38 bits per heavy atom. The number of aromatic nitrogens is 2. The highest BCUT2D eigenvalue weighted by Gasteiger charge is 2.16. The molecule has 0 bridgehead atoms. The molecule has 2 N–H and O–H groups in total. The van der Waals surface area contributed by atoms with Crippen LogP contribution in [0.5, 0.6) is 0 Å². The van der Waals surface area contributed by atoms with Crippen LogP contribution in [0, 0.1) is 0 Å². The molecule has 2 heterocycles. The van der Waals surface area contributed by atoms with E-state index in [-0.39, 0.29) is 5.91 Å². The zero-order valence-corrected chi connectivity index (χ0v) is 12.6. The minimum Gasteiger partial charge on any atom is -0.397 e. The highest BCUT2D eigenvalue weighted by atomic mass is 16.2. The molecule has 0 radical (unpaired) electrons. The summed E-state index contributed by atoms with van der Waals surface area (Å²) in [6, 6.07) is 5.69. The van der Waals surface area contributed by atoms with Crippen molar-refractivity contribution in [1.29, 1.82) is 0 Å². The van der Waals surface area contributed by atoms with Gasteiger partial charge in [-0.2, -0.15) is 0 Å². The van der Waals surface area contributed by atoms with E-state index in [4.69, 9.17) is 5.73 Å². The van der Waals surface area contributed by atoms with E-state index >= 15 is 0 Å². The molecule has 0 spiro atoms. The zero-order valence-electron chi connectivity index (χ0n) is 12.6. The van der Waals surface area contributed by atoms with Crippen molar-refractivity contribution in [2.45, 2.75) is 26.3 Å². The monoisotopic (exact) mass is 286 g/mol. The summed E-state index contributed by atoms with van der Waals surface area (Å²) in [7, 11) is 1.82. The van der Waals surface area contributed by atoms with Crippen molar-refractivity contribution in [3.63, 3.8) is 0 Å². The van der Waals surface area contributed by atoms with Gasteiger partial charge in [-0.3, -0.25) is 9.78 Å². The average molecular weight is 286 g/mol. The number of amides is 1. The lowest BCUT2D eigenvalue weighted by molar-refractivity contribution is 0.0786. The molecule has 0 aliphatic rings. The number of nitrogen functional groups attached to an aromatic ring is 1. The molecule has 0 saturated carbocycles. The fraction of sp³-hybridized carbons (Fsp3) is 0.375. The molecular formula is C16H22N4O. The number of carbonyl (C=O) groups is 1. The number of nitrogens with zero attached hydrogens (tertiary/aromatic N) is 3. The number of nitrogens with two attached hydrogens (primary N) is 1. The van der Waals surface area contributed by atoms with Crippen LogP contribution in [0.2, 0.25) is 0 Å². The molecule has 21 heavy (non-hydrogen) atoms. The predicted molar refractivity (Wildman–Crippen MR) is 84.0 cm³/mol. The molecule has 1 amide bonds. The molecule has 112 valence electrons. The smallest absolute Gasteiger partial charge is 0.270 e. The summed E-state index contributed by atoms with van der Waals surface area (Å²) in [4.78, 5) is 18.2. The van der Waals surface area contributed by atoms with Crippen LogP contribution in [0.3, 0.4) is 0 Å². The van der Waals surface area contributed by atoms with E-state index in [9.17, 15) is 4.79 Å². The molecule has 0 aliphatic carbocycles. The highest BCUT2D eigenvalue weighted by molar-refractivity contribution is 5.93. The van der Waals surface area contributed by atoms with Gasteiger partial charge in [-0.05, 0) is 36.6 Å². The second-order valence-electron chi connectivity index (χ2n) is 5.18. The van der Waals surface area contributed by atoms with E-state index < -0.39 is 0 Å². The first kappa shape index (κ1) is 15.1. The van der Waals surface area contributed by atoms with Gasteiger partial charge in [0.05, 0.1) is 5.69 Å². The highest BCUT2D eigenvalue weighted by Crippen LogP contribution is 2.13. The Kier molecular flexibility index (Phi) is 4.98. The lowest BCUT2D eigenvalue weighted by atomic mass is 10.2. The summed E-state index contributed by atoms with van der Waals surface area (Å²) in [6.07, 6.45) is 7.14. The Labute approximate surface area is 125 Å². The molecule has 5 heteroatoms. The molecule has 0 saturated heterocycles. The van der Waals surface area contributed by atoms with E-state index in [0.29, 0.717) is 17.9 Å². The molecule has 0 aliphatic heterocycles. The number of hydrogen-bond donors (Lipinski definition) is 1. The summed E-state index contributed by atoms with van der Waals surface area (Å²) in [5, 5.41) is 0. The van der Waals surface area contributed by atoms with Crippen LogP contribution in [-0.4, -0.2) is 34.0 Å². The standard InChI is InChI=1S/C16H22N4O/c1-3-9-20-12-14(17)11-15(20)16(21)19(2)10-6-13-4-7-18-8-5-13/h4-5,7-8,11-12H,3,6,9-10,17H2,1-2H3. The van der Waals surface area contributed by atoms with E-state index in [0.717, 1.165) is 19.4 Å². The molecule has 2 rings (SSSR count). The maximum atomic E-state index is 12.5. The van der Waals surface area contributed by atoms with Gasteiger partial charge in [-0.25, -0.2) is 0 Å². The van der Waals surface area contributed by atoms with Gasteiger partial charge in [-0.15, -0.1) is 0 Å². The van der Waals surface area contributed by atoms with Crippen LogP contribution < -0.4 is 5.73 Å². The van der Waals surface area contributed by atoms with Gasteiger partial charge in [0.1, 0.15) is 5.69 Å². The topological polar surface area (TPSA) is 64.2 Å². The third kappa shape index (κ3) is 3.84. The summed E-state index contributed by atoms with van der Waals surface area (Å²) >= 11 is 0. The van der Waals surface area contributed by atoms with Gasteiger partial charge in [0.15, 0.2) is 0 Å². The number of rotatable bonds is 6. The van der Waals surface area contributed by atoms with Crippen LogP contribution in [0.25, 0.3) is 0 Å². The first-order valence-electron chi connectivity index (χ1n) is 7.21. The quantitative estimate of drug-likeness (QED) is 0.885. The summed E-state index contributed by atoms with van der Waals surface area (Å²) < 4.78 is 1.93. The lowest BCUT2D eigenvalue weighted by Gasteiger charge is -2.18. The van der Waals surface area contributed by atoms with Gasteiger partial charge < -0.3 is 15.2 Å². The molecule has 5 nitrogen and oxygen atoms in total. The fourth-order valence-corrected chi connectivity index (χ4v) is 2.28. The van der Waals surface area contributed by atoms with Crippen LogP contribution in [-0.2, 0) is 13.0 Å². The average Bonchev–Trinajstić information content (AvgIpc) is 2.86. The Hall–Kier alpha value is -2.30. The molecule has 0 atom stereocenters. The minimum atomic E-state index is 0.00852. The number of hydrogen-bond acceptors (Lipinski definition) is 3. The number of aryl methyl sites for hydroxylation is 1. The van der Waals surface area contributed by atoms with Crippen molar-refractivity contribution in [3.8, 4) is 0 Å². The lowest BCUT2D eigenvalue weighted by Crippen LogP contribution is -2.30. The molecular weight excluding hydrogens is 264 g/mol. The molecule has 2 aromatic rings. The zero-order chi connectivity index (χ0) is 15.2. The van der Waals surface area contributed by atoms with E-state index in [1.54, 1.807) is 23.4 Å². The van der Waals surface area contributed by atoms with E-state index in [1.807, 2.05) is 29.9 Å². The number of pyridine rings is 1. The fourth-order valence-electron chi connectivity index (χ4n) is 2.28. The Morgan fingerprint density at radius 2 is 2.10 bits per heavy atom. The third-order valence-electron chi connectivity index (χ3n) is 3.43.